The first-order valence-electron chi connectivity index (χ1n) is 13.2. The van der Waals surface area contributed by atoms with Crippen LogP contribution in [0.25, 0.3) is 0 Å². The van der Waals surface area contributed by atoms with E-state index in [-0.39, 0.29) is 5.78 Å². The van der Waals surface area contributed by atoms with Gasteiger partial charge in [-0.15, -0.1) is 0 Å². The number of rotatable bonds is 15. The lowest BCUT2D eigenvalue weighted by Gasteiger charge is -2.36. The van der Waals surface area contributed by atoms with Gasteiger partial charge in [-0.2, -0.15) is 0 Å². The summed E-state index contributed by atoms with van der Waals surface area (Å²) in [5.41, 5.74) is 0. The molecule has 1 N–H and O–H groups in total. The highest BCUT2D eigenvalue weighted by Gasteiger charge is 2.19. The summed E-state index contributed by atoms with van der Waals surface area (Å²) in [6.45, 7) is 22.6. The normalized spacial score (nSPS) is 18.1. The van der Waals surface area contributed by atoms with Crippen LogP contribution < -0.4 is 5.32 Å². The number of hydrogen-bond donors (Lipinski definition) is 1. The molecule has 0 saturated carbocycles. The Kier molecular flexibility index (Phi) is 18.4. The van der Waals surface area contributed by atoms with Gasteiger partial charge in [0.05, 0.1) is 0 Å². The van der Waals surface area contributed by atoms with Crippen molar-refractivity contribution in [2.45, 2.75) is 71.9 Å². The molecule has 0 aromatic rings. The molecule has 0 unspecified atom stereocenters. The summed E-state index contributed by atoms with van der Waals surface area (Å²) in [4.78, 5) is 30.5. The van der Waals surface area contributed by atoms with Gasteiger partial charge in [0.2, 0.25) is 0 Å². The van der Waals surface area contributed by atoms with Crippen molar-refractivity contribution in [3.63, 3.8) is 0 Å². The predicted octanol–water partition coefficient (Wildman–Crippen LogP) is 3.97. The minimum atomic E-state index is 0.127. The van der Waals surface area contributed by atoms with E-state index in [2.05, 4.69) is 54.3 Å². The minimum Gasteiger partial charge on any atom is -0.314 e. The Morgan fingerprint density at radius 2 is 1.35 bits per heavy atom. The number of carbonyl (C=O) groups excluding carboxylic acids is 2. The fourth-order valence-electron chi connectivity index (χ4n) is 3.96. The van der Waals surface area contributed by atoms with Crippen molar-refractivity contribution in [3.8, 4) is 0 Å². The summed E-state index contributed by atoms with van der Waals surface area (Å²) in [6, 6.07) is 1.36. The van der Waals surface area contributed by atoms with E-state index in [9.17, 15) is 9.59 Å². The maximum absolute atomic E-state index is 12.0. The molecule has 198 valence electrons. The monoisotopic (exact) mass is 514 g/mol. The van der Waals surface area contributed by atoms with Crippen LogP contribution in [0.15, 0.2) is 12.7 Å². The summed E-state index contributed by atoms with van der Waals surface area (Å²) in [5, 5.41) is 3.33. The van der Waals surface area contributed by atoms with Crippen LogP contribution >= 0.6 is 21.6 Å². The molecule has 0 amide bonds. The molecule has 8 heteroatoms. The largest absolute Gasteiger partial charge is 0.314 e. The summed E-state index contributed by atoms with van der Waals surface area (Å²) in [5.74, 6) is 2.52. The van der Waals surface area contributed by atoms with E-state index in [4.69, 9.17) is 0 Å². The second kappa shape index (κ2) is 19.8. The van der Waals surface area contributed by atoms with Gasteiger partial charge in [-0.3, -0.25) is 19.4 Å². The SMILES string of the molecule is C=CC(=O)CCCSSCCCC(=O)CCN1CCN(C(C)C)CC1.CC(C)N1CCNCC1. The Hall–Kier alpha value is -0.380. The number of carbonyl (C=O) groups is 2. The van der Waals surface area contributed by atoms with Crippen LogP contribution in [0.1, 0.15) is 59.8 Å². The second-order valence-corrected chi connectivity index (χ2v) is 12.4. The molecule has 0 bridgehead atoms. The van der Waals surface area contributed by atoms with Crippen molar-refractivity contribution in [1.82, 2.24) is 20.0 Å². The molecule has 0 spiro atoms. The molecule has 0 aromatic heterocycles. The Morgan fingerprint density at radius 3 is 1.85 bits per heavy atom. The molecule has 2 fully saturated rings. The van der Waals surface area contributed by atoms with Crippen LogP contribution in [0.2, 0.25) is 0 Å². The van der Waals surface area contributed by atoms with Crippen LogP contribution in [-0.4, -0.2) is 109 Å². The lowest BCUT2D eigenvalue weighted by Crippen LogP contribution is -2.49. The van der Waals surface area contributed by atoms with Crippen LogP contribution in [0, 0.1) is 0 Å². The molecular weight excluding hydrogens is 464 g/mol. The summed E-state index contributed by atoms with van der Waals surface area (Å²) in [6.07, 6.45) is 5.26. The Morgan fingerprint density at radius 1 is 0.824 bits per heavy atom. The number of nitrogens with zero attached hydrogens (tertiary/aromatic N) is 3. The quantitative estimate of drug-likeness (QED) is 0.200. The van der Waals surface area contributed by atoms with E-state index >= 15 is 0 Å². The van der Waals surface area contributed by atoms with E-state index in [0.29, 0.717) is 31.1 Å². The average Bonchev–Trinajstić information content (AvgIpc) is 2.85. The molecule has 0 aromatic carbocycles. The second-order valence-electron chi connectivity index (χ2n) is 9.66. The molecule has 0 aliphatic carbocycles. The fourth-order valence-corrected chi connectivity index (χ4v) is 6.14. The molecule has 0 atom stereocenters. The third-order valence-corrected chi connectivity index (χ3v) is 8.95. The lowest BCUT2D eigenvalue weighted by molar-refractivity contribution is -0.119. The maximum atomic E-state index is 12.0. The molecule has 0 radical (unpaired) electrons. The zero-order valence-corrected chi connectivity index (χ0v) is 23.9. The number of allylic oxidation sites excluding steroid dienone is 1. The predicted molar refractivity (Wildman–Crippen MR) is 151 cm³/mol. The molecule has 6 nitrogen and oxygen atoms in total. The standard InChI is InChI=1S/C19H34N2O2S2.C7H16N2/c1-4-18(22)7-5-15-24-25-16-6-8-19(23)9-10-20-11-13-21(14-12-20)17(2)3;1-7(2)9-5-3-8-4-6-9/h4,17H,1,5-16H2,2-3H3;7-8H,3-6H2,1-2H3. The van der Waals surface area contributed by atoms with Gasteiger partial charge >= 0.3 is 0 Å². The molecule has 34 heavy (non-hydrogen) atoms. The Bertz CT molecular complexity index is 561. The van der Waals surface area contributed by atoms with Crippen LogP contribution in [0.3, 0.4) is 0 Å². The first kappa shape index (κ1) is 31.6. The number of ketones is 2. The number of nitrogens with one attached hydrogen (secondary N) is 1. The zero-order valence-electron chi connectivity index (χ0n) is 22.2. The number of piperazine rings is 2. The van der Waals surface area contributed by atoms with Gasteiger partial charge in [-0.25, -0.2) is 0 Å². The van der Waals surface area contributed by atoms with Crippen molar-refractivity contribution in [3.05, 3.63) is 12.7 Å². The van der Waals surface area contributed by atoms with Crippen molar-refractivity contribution < 1.29 is 9.59 Å². The highest BCUT2D eigenvalue weighted by molar-refractivity contribution is 8.76. The van der Waals surface area contributed by atoms with E-state index in [0.717, 1.165) is 76.2 Å². The third-order valence-electron chi connectivity index (χ3n) is 6.37. The van der Waals surface area contributed by atoms with Gasteiger partial charge in [0, 0.05) is 102 Å². The third kappa shape index (κ3) is 15.6. The Balaban J connectivity index is 0.000000533. The van der Waals surface area contributed by atoms with Crippen LogP contribution in [0.4, 0.5) is 0 Å². The Labute approximate surface area is 217 Å². The highest BCUT2D eigenvalue weighted by atomic mass is 33.1. The van der Waals surface area contributed by atoms with Gasteiger partial charge in [-0.05, 0) is 46.6 Å². The van der Waals surface area contributed by atoms with Crippen molar-refractivity contribution in [2.75, 3.05) is 70.4 Å². The maximum Gasteiger partial charge on any atom is 0.155 e. The first-order valence-corrected chi connectivity index (χ1v) is 15.6. The van der Waals surface area contributed by atoms with E-state index in [1.807, 2.05) is 10.8 Å². The van der Waals surface area contributed by atoms with Gasteiger partial charge < -0.3 is 10.2 Å². The molecule has 2 rings (SSSR count). The lowest BCUT2D eigenvalue weighted by atomic mass is 10.1. The highest BCUT2D eigenvalue weighted by Crippen LogP contribution is 2.24. The van der Waals surface area contributed by atoms with E-state index < -0.39 is 0 Å². The smallest absolute Gasteiger partial charge is 0.155 e. The average molecular weight is 515 g/mol. The topological polar surface area (TPSA) is 55.9 Å². The van der Waals surface area contributed by atoms with Crippen LogP contribution in [-0.2, 0) is 9.59 Å². The molecule has 2 heterocycles. The minimum absolute atomic E-state index is 0.127. The van der Waals surface area contributed by atoms with Gasteiger partial charge in [0.15, 0.2) is 5.78 Å². The van der Waals surface area contributed by atoms with E-state index in [1.165, 1.54) is 19.2 Å². The van der Waals surface area contributed by atoms with Crippen molar-refractivity contribution >= 4 is 33.2 Å². The van der Waals surface area contributed by atoms with Gasteiger partial charge in [0.1, 0.15) is 5.78 Å². The number of hydrogen-bond acceptors (Lipinski definition) is 8. The van der Waals surface area contributed by atoms with E-state index in [1.54, 1.807) is 10.8 Å². The van der Waals surface area contributed by atoms with Crippen molar-refractivity contribution in [1.29, 1.82) is 0 Å². The summed E-state index contributed by atoms with van der Waals surface area (Å²) < 4.78 is 0. The van der Waals surface area contributed by atoms with Crippen LogP contribution in [0.5, 0.6) is 0 Å². The molecular formula is C26H50N4O2S2. The van der Waals surface area contributed by atoms with Gasteiger partial charge in [0.25, 0.3) is 0 Å². The summed E-state index contributed by atoms with van der Waals surface area (Å²) in [7, 11) is 3.62. The zero-order chi connectivity index (χ0) is 25.2. The molecule has 2 aliphatic heterocycles. The molecule has 2 aliphatic rings. The first-order chi connectivity index (χ1) is 16.3. The van der Waals surface area contributed by atoms with Crippen molar-refractivity contribution in [2.24, 2.45) is 0 Å². The number of Topliss-reactive ketones (excluding diaryl/α,β-unsaturated/α-hetero) is 1. The fraction of sp³-hybridized carbons (Fsp3) is 0.846. The molecule has 2 saturated heterocycles. The van der Waals surface area contributed by atoms with Gasteiger partial charge in [-0.1, -0.05) is 28.2 Å². The summed E-state index contributed by atoms with van der Waals surface area (Å²) >= 11 is 0.